The van der Waals surface area contributed by atoms with Crippen LogP contribution in [0.4, 0.5) is 0 Å². The van der Waals surface area contributed by atoms with Crippen molar-refractivity contribution in [2.24, 2.45) is 4.99 Å². The quantitative estimate of drug-likeness (QED) is 0.749. The lowest BCUT2D eigenvalue weighted by Crippen LogP contribution is -2.23. The largest absolute Gasteiger partial charge is 0.391 e. The monoisotopic (exact) mass is 197 g/mol. The van der Waals surface area contributed by atoms with Crippen molar-refractivity contribution in [2.45, 2.75) is 58.1 Å². The summed E-state index contributed by atoms with van der Waals surface area (Å²) in [7, 11) is 0. The fourth-order valence-corrected chi connectivity index (χ4v) is 1.72. The number of Topliss-reactive ketones (excluding diaryl/α,β-unsaturated/α-hetero) is 1. The molecule has 2 atom stereocenters. The summed E-state index contributed by atoms with van der Waals surface area (Å²) >= 11 is 0. The molecular weight excluding hydrogens is 178 g/mol. The normalized spacial score (nSPS) is 25.1. The van der Waals surface area contributed by atoms with Crippen molar-refractivity contribution in [3.63, 3.8) is 0 Å². The summed E-state index contributed by atoms with van der Waals surface area (Å²) in [6.07, 6.45) is 3.38. The maximum absolute atomic E-state index is 11.2. The van der Waals surface area contributed by atoms with Crippen LogP contribution < -0.4 is 0 Å². The first-order chi connectivity index (χ1) is 6.63. The smallest absolute Gasteiger partial charge is 0.138 e. The van der Waals surface area contributed by atoms with E-state index in [1.54, 1.807) is 0 Å². The molecular formula is C11H19NO2. The van der Waals surface area contributed by atoms with Gasteiger partial charge in [0.25, 0.3) is 0 Å². The van der Waals surface area contributed by atoms with E-state index >= 15 is 0 Å². The van der Waals surface area contributed by atoms with E-state index in [-0.39, 0.29) is 17.9 Å². The number of nitrogens with zero attached hydrogens (tertiary/aromatic N) is 1. The molecule has 1 N–H and O–H groups in total. The summed E-state index contributed by atoms with van der Waals surface area (Å²) in [5.74, 6) is 0.285. The molecule has 0 bridgehead atoms. The van der Waals surface area contributed by atoms with Crippen molar-refractivity contribution >= 4 is 11.5 Å². The Balaban J connectivity index is 2.53. The van der Waals surface area contributed by atoms with Crippen LogP contribution >= 0.6 is 0 Å². The Hall–Kier alpha value is -0.700. The molecule has 0 aliphatic heterocycles. The number of aliphatic hydroxyl groups is 1. The molecule has 3 heteroatoms. The average Bonchev–Trinajstić information content (AvgIpc) is 2.16. The molecule has 14 heavy (non-hydrogen) atoms. The van der Waals surface area contributed by atoms with Gasteiger partial charge in [-0.1, -0.05) is 6.92 Å². The summed E-state index contributed by atoms with van der Waals surface area (Å²) in [6, 6.07) is -0.0686. The number of carbonyl (C=O) groups excluding carboxylic acids is 1. The Morgan fingerprint density at radius 3 is 2.79 bits per heavy atom. The average molecular weight is 197 g/mol. The summed E-state index contributed by atoms with van der Waals surface area (Å²) in [4.78, 5) is 15.6. The molecule has 2 unspecified atom stereocenters. The van der Waals surface area contributed by atoms with Gasteiger partial charge in [-0.25, -0.2) is 0 Å². The first kappa shape index (κ1) is 11.4. The van der Waals surface area contributed by atoms with Gasteiger partial charge in [0, 0.05) is 18.6 Å². The Labute approximate surface area is 85.2 Å². The van der Waals surface area contributed by atoms with Crippen LogP contribution in [-0.4, -0.2) is 28.7 Å². The Morgan fingerprint density at radius 2 is 2.21 bits per heavy atom. The Bertz CT molecular complexity index is 235. The molecule has 0 heterocycles. The number of hydrogen-bond acceptors (Lipinski definition) is 3. The van der Waals surface area contributed by atoms with E-state index in [9.17, 15) is 9.90 Å². The van der Waals surface area contributed by atoms with Crippen LogP contribution in [0.15, 0.2) is 4.99 Å². The van der Waals surface area contributed by atoms with Crippen LogP contribution in [0.2, 0.25) is 0 Å². The fourth-order valence-electron chi connectivity index (χ4n) is 1.72. The zero-order chi connectivity index (χ0) is 10.6. The predicted molar refractivity (Wildman–Crippen MR) is 56.7 cm³/mol. The molecule has 1 rings (SSSR count). The van der Waals surface area contributed by atoms with Crippen molar-refractivity contribution in [1.29, 1.82) is 0 Å². The lowest BCUT2D eigenvalue weighted by molar-refractivity contribution is -0.118. The van der Waals surface area contributed by atoms with Crippen LogP contribution in [0.1, 0.15) is 46.0 Å². The van der Waals surface area contributed by atoms with E-state index in [0.717, 1.165) is 18.6 Å². The molecule has 0 aromatic rings. The standard InChI is InChI=1S/C11H19NO2/c1-3-11(14)8(2)12-9-5-4-6-10(13)7-9/h8,11,14H,3-7H2,1-2H3. The van der Waals surface area contributed by atoms with Crippen LogP contribution in [0.3, 0.4) is 0 Å². The van der Waals surface area contributed by atoms with Gasteiger partial charge in [0.15, 0.2) is 0 Å². The highest BCUT2D eigenvalue weighted by molar-refractivity contribution is 6.04. The van der Waals surface area contributed by atoms with E-state index < -0.39 is 0 Å². The van der Waals surface area contributed by atoms with Gasteiger partial charge in [-0.15, -0.1) is 0 Å². The van der Waals surface area contributed by atoms with Crippen molar-refractivity contribution in [3.05, 3.63) is 0 Å². The number of hydrogen-bond donors (Lipinski definition) is 1. The van der Waals surface area contributed by atoms with Crippen molar-refractivity contribution in [2.75, 3.05) is 0 Å². The highest BCUT2D eigenvalue weighted by Gasteiger charge is 2.17. The lowest BCUT2D eigenvalue weighted by atomic mass is 9.97. The Kier molecular flexibility index (Phi) is 4.26. The van der Waals surface area contributed by atoms with Gasteiger partial charge in [-0.05, 0) is 26.2 Å². The first-order valence-electron chi connectivity index (χ1n) is 5.38. The third-order valence-electron chi connectivity index (χ3n) is 2.68. The number of carbonyl (C=O) groups is 1. The third-order valence-corrected chi connectivity index (χ3v) is 2.68. The van der Waals surface area contributed by atoms with E-state index in [4.69, 9.17) is 0 Å². The molecule has 1 aliphatic carbocycles. The summed E-state index contributed by atoms with van der Waals surface area (Å²) in [6.45, 7) is 3.84. The molecule has 1 fully saturated rings. The molecule has 80 valence electrons. The lowest BCUT2D eigenvalue weighted by Gasteiger charge is -2.17. The Morgan fingerprint density at radius 1 is 1.50 bits per heavy atom. The molecule has 0 aromatic heterocycles. The second-order valence-corrected chi connectivity index (χ2v) is 3.98. The van der Waals surface area contributed by atoms with Crippen LogP contribution in [-0.2, 0) is 4.79 Å². The third kappa shape index (κ3) is 3.22. The SMILES string of the molecule is CCC(O)C(C)N=C1CCCC(=O)C1. The highest BCUT2D eigenvalue weighted by atomic mass is 16.3. The maximum Gasteiger partial charge on any atom is 0.138 e. The molecule has 0 spiro atoms. The topological polar surface area (TPSA) is 49.7 Å². The van der Waals surface area contributed by atoms with Gasteiger partial charge in [0.2, 0.25) is 0 Å². The van der Waals surface area contributed by atoms with Crippen LogP contribution in [0.5, 0.6) is 0 Å². The van der Waals surface area contributed by atoms with Gasteiger partial charge in [0.05, 0.1) is 12.1 Å². The molecule has 0 saturated heterocycles. The number of aliphatic hydroxyl groups excluding tert-OH is 1. The molecule has 3 nitrogen and oxygen atoms in total. The fraction of sp³-hybridized carbons (Fsp3) is 0.818. The number of ketones is 1. The molecule has 0 aromatic carbocycles. The molecule has 1 aliphatic rings. The van der Waals surface area contributed by atoms with Gasteiger partial charge in [-0.2, -0.15) is 0 Å². The first-order valence-corrected chi connectivity index (χ1v) is 5.38. The van der Waals surface area contributed by atoms with Gasteiger partial charge >= 0.3 is 0 Å². The van der Waals surface area contributed by atoms with E-state index in [1.165, 1.54) is 0 Å². The van der Waals surface area contributed by atoms with Crippen LogP contribution in [0, 0.1) is 0 Å². The maximum atomic E-state index is 11.2. The minimum atomic E-state index is -0.375. The minimum absolute atomic E-state index is 0.0686. The summed E-state index contributed by atoms with van der Waals surface area (Å²) in [5.41, 5.74) is 0.973. The van der Waals surface area contributed by atoms with Crippen molar-refractivity contribution in [1.82, 2.24) is 0 Å². The highest BCUT2D eigenvalue weighted by Crippen LogP contribution is 2.14. The van der Waals surface area contributed by atoms with E-state index in [1.807, 2.05) is 13.8 Å². The van der Waals surface area contributed by atoms with Gasteiger partial charge < -0.3 is 5.11 Å². The summed E-state index contributed by atoms with van der Waals surface area (Å²) in [5, 5.41) is 9.53. The predicted octanol–water partition coefficient (Wildman–Crippen LogP) is 1.73. The second kappa shape index (κ2) is 5.25. The van der Waals surface area contributed by atoms with Crippen LogP contribution in [0.25, 0.3) is 0 Å². The van der Waals surface area contributed by atoms with Gasteiger partial charge in [-0.3, -0.25) is 9.79 Å². The minimum Gasteiger partial charge on any atom is -0.391 e. The zero-order valence-electron chi connectivity index (χ0n) is 8.99. The van der Waals surface area contributed by atoms with Gasteiger partial charge in [0.1, 0.15) is 5.78 Å². The van der Waals surface area contributed by atoms with E-state index in [2.05, 4.69) is 4.99 Å². The van der Waals surface area contributed by atoms with Crippen molar-refractivity contribution < 1.29 is 9.90 Å². The van der Waals surface area contributed by atoms with Crippen molar-refractivity contribution in [3.8, 4) is 0 Å². The molecule has 0 radical (unpaired) electrons. The zero-order valence-corrected chi connectivity index (χ0v) is 8.99. The number of aliphatic imine (C=N–C) groups is 1. The summed E-state index contributed by atoms with van der Waals surface area (Å²) < 4.78 is 0. The molecule has 0 amide bonds. The molecule has 1 saturated carbocycles. The second-order valence-electron chi connectivity index (χ2n) is 3.98. The number of rotatable bonds is 3. The van der Waals surface area contributed by atoms with E-state index in [0.29, 0.717) is 19.3 Å².